The van der Waals surface area contributed by atoms with Crippen LogP contribution in [0.3, 0.4) is 0 Å². The van der Waals surface area contributed by atoms with Crippen molar-refractivity contribution in [1.82, 2.24) is 19.9 Å². The number of rotatable bonds is 5. The van der Waals surface area contributed by atoms with Gasteiger partial charge >= 0.3 is 0 Å². The second-order valence-corrected chi connectivity index (χ2v) is 11.4. The molecule has 6 rings (SSSR count). The van der Waals surface area contributed by atoms with Crippen LogP contribution >= 0.6 is 11.6 Å². The Kier molecular flexibility index (Phi) is 7.88. The number of hydrogen-bond donors (Lipinski definition) is 3. The molecular formula is C33H34ClN7O. The van der Waals surface area contributed by atoms with Gasteiger partial charge in [-0.25, -0.2) is 9.97 Å². The molecule has 2 fully saturated rings. The smallest absolute Gasteiger partial charge is 0.252 e. The molecule has 214 valence electrons. The number of nitrogens with one attached hydrogen (secondary N) is 1. The molecule has 0 bridgehead atoms. The van der Waals surface area contributed by atoms with Gasteiger partial charge in [-0.2, -0.15) is 0 Å². The monoisotopic (exact) mass is 579 g/mol. The third kappa shape index (κ3) is 5.71. The SMILES string of the molecule is Cc1ccc(Cl)cc1-c1[nH]c(-c2ccnc(N)n2)c(C#Cc2ccc(N3CCC(N4CCCC4)CC3)cc2)c1C(N)=O. The number of nitrogens with two attached hydrogens (primary N) is 2. The van der Waals surface area contributed by atoms with Crippen LogP contribution in [0.1, 0.15) is 52.7 Å². The predicted molar refractivity (Wildman–Crippen MR) is 168 cm³/mol. The Morgan fingerprint density at radius 1 is 1.00 bits per heavy atom. The van der Waals surface area contributed by atoms with Crippen molar-refractivity contribution in [2.45, 2.75) is 38.6 Å². The van der Waals surface area contributed by atoms with Crippen LogP contribution < -0.4 is 16.4 Å². The average Bonchev–Trinajstić information content (AvgIpc) is 3.67. The zero-order valence-electron chi connectivity index (χ0n) is 23.7. The van der Waals surface area contributed by atoms with Crippen LogP contribution in [0.4, 0.5) is 11.6 Å². The molecule has 8 nitrogen and oxygen atoms in total. The number of nitrogen functional groups attached to an aromatic ring is 1. The number of H-pyrrole nitrogens is 1. The molecule has 0 saturated carbocycles. The lowest BCUT2D eigenvalue weighted by atomic mass is 9.99. The number of piperidine rings is 1. The number of aryl methyl sites for hydroxylation is 1. The first-order chi connectivity index (χ1) is 20.4. The second-order valence-electron chi connectivity index (χ2n) is 11.0. The fraction of sp³-hybridized carbons (Fsp3) is 0.303. The van der Waals surface area contributed by atoms with Gasteiger partial charge in [-0.05, 0) is 93.7 Å². The largest absolute Gasteiger partial charge is 0.371 e. The highest BCUT2D eigenvalue weighted by Gasteiger charge is 2.27. The van der Waals surface area contributed by atoms with Crippen molar-refractivity contribution in [2.24, 2.45) is 5.73 Å². The van der Waals surface area contributed by atoms with Gasteiger partial charge < -0.3 is 26.3 Å². The summed E-state index contributed by atoms with van der Waals surface area (Å²) in [7, 11) is 0. The summed E-state index contributed by atoms with van der Waals surface area (Å²) in [5.41, 5.74) is 17.9. The van der Waals surface area contributed by atoms with E-state index in [9.17, 15) is 4.79 Å². The number of carbonyl (C=O) groups is 1. The number of anilines is 2. The van der Waals surface area contributed by atoms with Crippen molar-refractivity contribution >= 4 is 29.1 Å². The van der Waals surface area contributed by atoms with Gasteiger partial charge in [0.1, 0.15) is 0 Å². The highest BCUT2D eigenvalue weighted by molar-refractivity contribution is 6.31. The molecule has 0 aliphatic carbocycles. The highest BCUT2D eigenvalue weighted by Crippen LogP contribution is 2.35. The number of primary amides is 1. The minimum Gasteiger partial charge on any atom is -0.371 e. The summed E-state index contributed by atoms with van der Waals surface area (Å²) in [6.07, 6.45) is 6.65. The molecule has 4 heterocycles. The van der Waals surface area contributed by atoms with Crippen LogP contribution in [0, 0.1) is 18.8 Å². The van der Waals surface area contributed by atoms with Crippen LogP contribution in [-0.2, 0) is 0 Å². The maximum absolute atomic E-state index is 12.9. The topological polar surface area (TPSA) is 117 Å². The number of benzene rings is 2. The molecule has 9 heteroatoms. The number of carbonyl (C=O) groups excluding carboxylic acids is 1. The Morgan fingerprint density at radius 2 is 1.74 bits per heavy atom. The third-order valence-electron chi connectivity index (χ3n) is 8.33. The van der Waals surface area contributed by atoms with Crippen molar-refractivity contribution in [3.8, 4) is 34.5 Å². The van der Waals surface area contributed by atoms with Crippen LogP contribution in [0.25, 0.3) is 22.6 Å². The van der Waals surface area contributed by atoms with E-state index in [1.165, 1.54) is 44.5 Å². The number of aromatic nitrogens is 3. The van der Waals surface area contributed by atoms with Crippen molar-refractivity contribution in [3.63, 3.8) is 0 Å². The van der Waals surface area contributed by atoms with Gasteiger partial charge in [-0.3, -0.25) is 4.79 Å². The average molecular weight is 580 g/mol. The molecule has 2 aromatic heterocycles. The molecule has 5 N–H and O–H groups in total. The molecule has 2 aliphatic heterocycles. The van der Waals surface area contributed by atoms with Gasteiger partial charge in [-0.1, -0.05) is 29.5 Å². The third-order valence-corrected chi connectivity index (χ3v) is 8.57. The Morgan fingerprint density at radius 3 is 2.43 bits per heavy atom. The summed E-state index contributed by atoms with van der Waals surface area (Å²) in [5.74, 6) is 5.97. The van der Waals surface area contributed by atoms with Crippen LogP contribution in [-0.4, -0.2) is 58.0 Å². The van der Waals surface area contributed by atoms with E-state index in [-0.39, 0.29) is 11.5 Å². The Balaban J connectivity index is 1.33. The lowest BCUT2D eigenvalue weighted by molar-refractivity contribution is 0.100. The molecule has 2 aliphatic rings. The lowest BCUT2D eigenvalue weighted by Gasteiger charge is -2.37. The van der Waals surface area contributed by atoms with Crippen LogP contribution in [0.15, 0.2) is 54.7 Å². The quantitative estimate of drug-likeness (QED) is 0.278. The first-order valence-electron chi connectivity index (χ1n) is 14.4. The lowest BCUT2D eigenvalue weighted by Crippen LogP contribution is -2.43. The minimum absolute atomic E-state index is 0.113. The zero-order chi connectivity index (χ0) is 29.2. The number of hydrogen-bond acceptors (Lipinski definition) is 6. The summed E-state index contributed by atoms with van der Waals surface area (Å²) in [6.45, 7) is 6.58. The van der Waals surface area contributed by atoms with Crippen molar-refractivity contribution in [2.75, 3.05) is 36.8 Å². The summed E-state index contributed by atoms with van der Waals surface area (Å²) in [6, 6.07) is 16.2. The van der Waals surface area contributed by atoms with E-state index in [1.54, 1.807) is 24.4 Å². The second kappa shape index (κ2) is 11.9. The summed E-state index contributed by atoms with van der Waals surface area (Å²) in [4.78, 5) is 29.8. The van der Waals surface area contributed by atoms with Crippen molar-refractivity contribution in [1.29, 1.82) is 0 Å². The van der Waals surface area contributed by atoms with Gasteiger partial charge in [0.15, 0.2) is 0 Å². The number of likely N-dealkylation sites (tertiary alicyclic amines) is 1. The van der Waals surface area contributed by atoms with Crippen LogP contribution in [0.2, 0.25) is 5.02 Å². The standard InChI is InChI=1S/C33H34ClN7O/c1-21-4-8-23(34)20-27(21)31-29(32(35)42)26(30(39-31)28-12-15-37-33(36)38-28)11-7-22-5-9-24(10-6-22)41-18-13-25(14-19-41)40-16-2-3-17-40/h4-6,8-10,12,15,20,25,39H,2-3,13-14,16-19H2,1H3,(H2,35,42)(H2,36,37,38). The van der Waals surface area contributed by atoms with E-state index in [4.69, 9.17) is 23.1 Å². The maximum Gasteiger partial charge on any atom is 0.252 e. The number of aromatic amines is 1. The van der Waals surface area contributed by atoms with E-state index >= 15 is 0 Å². The summed E-state index contributed by atoms with van der Waals surface area (Å²) in [5, 5.41) is 0.543. The van der Waals surface area contributed by atoms with E-state index in [2.05, 4.69) is 48.7 Å². The fourth-order valence-electron chi connectivity index (χ4n) is 6.13. The molecule has 0 radical (unpaired) electrons. The Bertz CT molecular complexity index is 1670. The molecule has 2 saturated heterocycles. The van der Waals surface area contributed by atoms with Gasteiger partial charge in [0.25, 0.3) is 5.91 Å². The first kappa shape index (κ1) is 27.8. The molecule has 0 spiro atoms. The normalized spacial score (nSPS) is 15.9. The molecule has 42 heavy (non-hydrogen) atoms. The van der Waals surface area contributed by atoms with Crippen molar-refractivity contribution < 1.29 is 4.79 Å². The van der Waals surface area contributed by atoms with E-state index in [0.717, 1.165) is 35.8 Å². The maximum atomic E-state index is 12.9. The van der Waals surface area contributed by atoms with Gasteiger partial charge in [0, 0.05) is 47.2 Å². The van der Waals surface area contributed by atoms with Crippen molar-refractivity contribution in [3.05, 3.63) is 82.0 Å². The van der Waals surface area contributed by atoms with E-state index in [1.807, 2.05) is 25.1 Å². The van der Waals surface area contributed by atoms with Gasteiger partial charge in [-0.15, -0.1) is 0 Å². The number of amides is 1. The Labute approximate surface area is 251 Å². The number of halogens is 1. The van der Waals surface area contributed by atoms with Gasteiger partial charge in [0.2, 0.25) is 5.95 Å². The minimum atomic E-state index is -0.606. The highest BCUT2D eigenvalue weighted by atomic mass is 35.5. The van der Waals surface area contributed by atoms with Crippen LogP contribution in [0.5, 0.6) is 0 Å². The summed E-state index contributed by atoms with van der Waals surface area (Å²) >= 11 is 6.33. The van der Waals surface area contributed by atoms with Gasteiger partial charge in [0.05, 0.1) is 28.2 Å². The van der Waals surface area contributed by atoms with E-state index in [0.29, 0.717) is 27.7 Å². The van der Waals surface area contributed by atoms with E-state index < -0.39 is 5.91 Å². The molecule has 4 aromatic rings. The molecule has 0 atom stereocenters. The zero-order valence-corrected chi connectivity index (χ0v) is 24.4. The molecule has 0 unspecified atom stereocenters. The first-order valence-corrected chi connectivity index (χ1v) is 14.8. The Hall–Kier alpha value is -4.32. The number of nitrogens with zero attached hydrogens (tertiary/aromatic N) is 4. The molecular weight excluding hydrogens is 546 g/mol. The fourth-order valence-corrected chi connectivity index (χ4v) is 6.30. The molecule has 2 aromatic carbocycles. The summed E-state index contributed by atoms with van der Waals surface area (Å²) < 4.78 is 0. The molecule has 1 amide bonds. The predicted octanol–water partition coefficient (Wildman–Crippen LogP) is 5.25.